The van der Waals surface area contributed by atoms with E-state index in [1.807, 2.05) is 32.0 Å². The van der Waals surface area contributed by atoms with E-state index in [0.717, 1.165) is 8.95 Å². The summed E-state index contributed by atoms with van der Waals surface area (Å²) < 4.78 is 1.74. The van der Waals surface area contributed by atoms with Crippen LogP contribution in [0.15, 0.2) is 39.8 Å². The second kappa shape index (κ2) is 6.36. The van der Waals surface area contributed by atoms with E-state index in [0.29, 0.717) is 12.1 Å². The number of halogens is 2. The molecule has 0 saturated carbocycles. The van der Waals surface area contributed by atoms with Gasteiger partial charge >= 0.3 is 0 Å². The van der Waals surface area contributed by atoms with Crippen molar-refractivity contribution in [1.82, 2.24) is 4.90 Å². The summed E-state index contributed by atoms with van der Waals surface area (Å²) in [5, 5.41) is 0. The molecule has 1 rings (SSSR count). The van der Waals surface area contributed by atoms with E-state index in [1.54, 1.807) is 11.0 Å². The highest BCUT2D eigenvalue weighted by molar-refractivity contribution is 9.11. The zero-order valence-corrected chi connectivity index (χ0v) is 13.1. The molecule has 1 aromatic rings. The maximum absolute atomic E-state index is 12.3. The molecule has 0 aliphatic heterocycles. The molecular weight excluding hydrogens is 346 g/mol. The molecule has 0 aliphatic rings. The summed E-state index contributed by atoms with van der Waals surface area (Å²) in [5.74, 6) is 0.0132. The topological polar surface area (TPSA) is 20.3 Å². The monoisotopic (exact) mass is 359 g/mol. The smallest absolute Gasteiger partial charge is 0.255 e. The van der Waals surface area contributed by atoms with Crippen molar-refractivity contribution in [2.24, 2.45) is 0 Å². The predicted molar refractivity (Wildman–Crippen MR) is 78.2 cm³/mol. The first-order chi connectivity index (χ1) is 7.97. The zero-order chi connectivity index (χ0) is 13.0. The van der Waals surface area contributed by atoms with Gasteiger partial charge in [0.15, 0.2) is 0 Å². The third kappa shape index (κ3) is 3.68. The molecule has 2 nitrogen and oxygen atoms in total. The van der Waals surface area contributed by atoms with E-state index < -0.39 is 0 Å². The van der Waals surface area contributed by atoms with E-state index in [-0.39, 0.29) is 11.9 Å². The number of amides is 1. The third-order valence-corrected chi connectivity index (χ3v) is 3.52. The molecule has 0 aromatic heterocycles. The number of carbonyl (C=O) groups excluding carboxylic acids is 1. The maximum atomic E-state index is 12.3. The Morgan fingerprint density at radius 3 is 2.59 bits per heavy atom. The molecule has 4 heteroatoms. The van der Waals surface area contributed by atoms with Crippen molar-refractivity contribution in [1.29, 1.82) is 0 Å². The SMILES string of the molecule is C=CCN(C(=O)c1ccc(Br)cc1Br)C(C)C. The van der Waals surface area contributed by atoms with Gasteiger partial charge in [-0.3, -0.25) is 4.79 Å². The Bertz CT molecular complexity index is 429. The first kappa shape index (κ1) is 14.5. The number of benzene rings is 1. The van der Waals surface area contributed by atoms with Gasteiger partial charge in [0.25, 0.3) is 5.91 Å². The van der Waals surface area contributed by atoms with Crippen LogP contribution < -0.4 is 0 Å². The van der Waals surface area contributed by atoms with Crippen LogP contribution in [-0.4, -0.2) is 23.4 Å². The Labute approximate surface area is 119 Å². The van der Waals surface area contributed by atoms with Crippen LogP contribution in [-0.2, 0) is 0 Å². The van der Waals surface area contributed by atoms with Crippen molar-refractivity contribution in [2.75, 3.05) is 6.54 Å². The van der Waals surface area contributed by atoms with Crippen molar-refractivity contribution in [3.8, 4) is 0 Å². The second-order valence-electron chi connectivity index (χ2n) is 3.96. The van der Waals surface area contributed by atoms with Crippen LogP contribution in [0.5, 0.6) is 0 Å². The molecule has 0 bridgehead atoms. The molecule has 0 heterocycles. The summed E-state index contributed by atoms with van der Waals surface area (Å²) in [6.45, 7) is 8.23. The fourth-order valence-electron chi connectivity index (χ4n) is 1.48. The lowest BCUT2D eigenvalue weighted by Gasteiger charge is -2.25. The van der Waals surface area contributed by atoms with Crippen LogP contribution in [0.3, 0.4) is 0 Å². The zero-order valence-electron chi connectivity index (χ0n) is 9.91. The molecule has 1 amide bonds. The van der Waals surface area contributed by atoms with Gasteiger partial charge in [0, 0.05) is 21.5 Å². The van der Waals surface area contributed by atoms with Gasteiger partial charge in [-0.05, 0) is 48.0 Å². The van der Waals surface area contributed by atoms with Crippen LogP contribution in [0.1, 0.15) is 24.2 Å². The molecule has 0 unspecified atom stereocenters. The maximum Gasteiger partial charge on any atom is 0.255 e. The van der Waals surface area contributed by atoms with Crippen molar-refractivity contribution in [2.45, 2.75) is 19.9 Å². The lowest BCUT2D eigenvalue weighted by Crippen LogP contribution is -2.37. The van der Waals surface area contributed by atoms with Crippen LogP contribution in [0, 0.1) is 0 Å². The minimum atomic E-state index is 0.0132. The van der Waals surface area contributed by atoms with Crippen molar-refractivity contribution < 1.29 is 4.79 Å². The standard InChI is InChI=1S/C13H15Br2NO/c1-4-7-16(9(2)3)13(17)11-6-5-10(14)8-12(11)15/h4-6,8-9H,1,7H2,2-3H3. The molecule has 0 atom stereocenters. The van der Waals surface area contributed by atoms with Crippen LogP contribution >= 0.6 is 31.9 Å². The summed E-state index contributed by atoms with van der Waals surface area (Å²) in [4.78, 5) is 14.1. The van der Waals surface area contributed by atoms with Crippen molar-refractivity contribution >= 4 is 37.8 Å². The van der Waals surface area contributed by atoms with Crippen LogP contribution in [0.2, 0.25) is 0 Å². The van der Waals surface area contributed by atoms with E-state index in [9.17, 15) is 4.79 Å². The van der Waals surface area contributed by atoms with E-state index >= 15 is 0 Å². The molecule has 0 saturated heterocycles. The summed E-state index contributed by atoms with van der Waals surface area (Å²) in [5.41, 5.74) is 0.670. The minimum absolute atomic E-state index is 0.0132. The number of hydrogen-bond acceptors (Lipinski definition) is 1. The Morgan fingerprint density at radius 1 is 1.47 bits per heavy atom. The Balaban J connectivity index is 3.05. The molecule has 0 N–H and O–H groups in total. The average molecular weight is 361 g/mol. The fraction of sp³-hybridized carbons (Fsp3) is 0.308. The van der Waals surface area contributed by atoms with E-state index in [4.69, 9.17) is 0 Å². The lowest BCUT2D eigenvalue weighted by molar-refractivity contribution is 0.0728. The number of hydrogen-bond donors (Lipinski definition) is 0. The van der Waals surface area contributed by atoms with Gasteiger partial charge in [-0.15, -0.1) is 6.58 Å². The quantitative estimate of drug-likeness (QED) is 0.735. The summed E-state index contributed by atoms with van der Waals surface area (Å²) in [7, 11) is 0. The third-order valence-electron chi connectivity index (χ3n) is 2.37. The van der Waals surface area contributed by atoms with Gasteiger partial charge in [-0.1, -0.05) is 22.0 Å². The average Bonchev–Trinajstić information content (AvgIpc) is 2.24. The molecular formula is C13H15Br2NO. The second-order valence-corrected chi connectivity index (χ2v) is 5.73. The molecule has 0 radical (unpaired) electrons. The Morgan fingerprint density at radius 2 is 2.12 bits per heavy atom. The van der Waals surface area contributed by atoms with Crippen LogP contribution in [0.4, 0.5) is 0 Å². The Hall–Kier alpha value is -0.610. The minimum Gasteiger partial charge on any atom is -0.332 e. The summed E-state index contributed by atoms with van der Waals surface area (Å²) in [6, 6.07) is 5.70. The first-order valence-electron chi connectivity index (χ1n) is 5.34. The van der Waals surface area contributed by atoms with Gasteiger partial charge in [0.2, 0.25) is 0 Å². The van der Waals surface area contributed by atoms with E-state index in [1.165, 1.54) is 0 Å². The predicted octanol–water partition coefficient (Wildman–Crippen LogP) is 4.25. The van der Waals surface area contributed by atoms with Crippen molar-refractivity contribution in [3.63, 3.8) is 0 Å². The number of rotatable bonds is 4. The molecule has 1 aromatic carbocycles. The van der Waals surface area contributed by atoms with Gasteiger partial charge in [0.1, 0.15) is 0 Å². The lowest BCUT2D eigenvalue weighted by atomic mass is 10.1. The van der Waals surface area contributed by atoms with Crippen LogP contribution in [0.25, 0.3) is 0 Å². The highest BCUT2D eigenvalue weighted by Gasteiger charge is 2.19. The highest BCUT2D eigenvalue weighted by Crippen LogP contribution is 2.23. The number of nitrogens with zero attached hydrogens (tertiary/aromatic N) is 1. The molecule has 92 valence electrons. The highest BCUT2D eigenvalue weighted by atomic mass is 79.9. The number of carbonyl (C=O) groups is 1. The Kier molecular flexibility index (Phi) is 5.40. The van der Waals surface area contributed by atoms with E-state index in [2.05, 4.69) is 38.4 Å². The largest absolute Gasteiger partial charge is 0.332 e. The van der Waals surface area contributed by atoms with Gasteiger partial charge in [-0.2, -0.15) is 0 Å². The molecule has 17 heavy (non-hydrogen) atoms. The van der Waals surface area contributed by atoms with Gasteiger partial charge in [0.05, 0.1) is 5.56 Å². The molecule has 0 fully saturated rings. The van der Waals surface area contributed by atoms with Crippen molar-refractivity contribution in [3.05, 3.63) is 45.4 Å². The normalized spacial score (nSPS) is 10.4. The molecule has 0 spiro atoms. The molecule has 0 aliphatic carbocycles. The summed E-state index contributed by atoms with van der Waals surface area (Å²) >= 11 is 6.78. The fourth-order valence-corrected chi connectivity index (χ4v) is 2.70. The first-order valence-corrected chi connectivity index (χ1v) is 6.93. The van der Waals surface area contributed by atoms with Gasteiger partial charge < -0.3 is 4.90 Å². The summed E-state index contributed by atoms with van der Waals surface area (Å²) in [6.07, 6.45) is 1.74. The van der Waals surface area contributed by atoms with Gasteiger partial charge in [-0.25, -0.2) is 0 Å².